The first kappa shape index (κ1) is 19.9. The van der Waals surface area contributed by atoms with Crippen LogP contribution in [0, 0.1) is 12.3 Å². The van der Waals surface area contributed by atoms with Crippen molar-refractivity contribution >= 4 is 11.6 Å². The Labute approximate surface area is 167 Å². The fraction of sp³-hybridized carbons (Fsp3) is 0.348. The fourth-order valence-electron chi connectivity index (χ4n) is 3.38. The second-order valence-corrected chi connectivity index (χ2v) is 6.95. The number of nitrogens with one attached hydrogen (secondary N) is 2. The number of nitrogens with zero attached hydrogens (tertiary/aromatic N) is 1. The fourth-order valence-corrected chi connectivity index (χ4v) is 3.38. The number of ether oxygens (including phenoxy) is 1. The molecule has 0 aliphatic carbocycles. The summed E-state index contributed by atoms with van der Waals surface area (Å²) in [4.78, 5) is 14.4. The van der Waals surface area contributed by atoms with Crippen molar-refractivity contribution in [3.05, 3.63) is 60.2 Å². The third-order valence-electron chi connectivity index (χ3n) is 4.88. The number of amides is 1. The van der Waals surface area contributed by atoms with Crippen molar-refractivity contribution in [1.82, 2.24) is 10.2 Å². The molecule has 0 atom stereocenters. The Kier molecular flexibility index (Phi) is 7.48. The topological polar surface area (TPSA) is 53.6 Å². The minimum Gasteiger partial charge on any atom is -0.481 e. The quantitative estimate of drug-likeness (QED) is 0.695. The highest BCUT2D eigenvalue weighted by atomic mass is 16.5. The largest absolute Gasteiger partial charge is 0.481 e. The second kappa shape index (κ2) is 10.5. The molecular weight excluding hydrogens is 350 g/mol. The van der Waals surface area contributed by atoms with Crippen molar-refractivity contribution in [2.75, 3.05) is 31.6 Å². The summed E-state index contributed by atoms with van der Waals surface area (Å²) in [5, 5.41) is 6.56. The molecule has 2 N–H and O–H groups in total. The zero-order chi connectivity index (χ0) is 19.6. The Morgan fingerprint density at radius 1 is 1.11 bits per heavy atom. The lowest BCUT2D eigenvalue weighted by atomic mass is 10.0. The molecule has 1 aliphatic rings. The van der Waals surface area contributed by atoms with Gasteiger partial charge in [0, 0.05) is 36.9 Å². The molecule has 1 amide bonds. The summed E-state index contributed by atoms with van der Waals surface area (Å²) in [6.45, 7) is 3.29. The number of carbonyl (C=O) groups is 1. The van der Waals surface area contributed by atoms with Gasteiger partial charge in [-0.25, -0.2) is 0 Å². The van der Waals surface area contributed by atoms with Gasteiger partial charge in [-0.05, 0) is 31.0 Å². The number of terminal acetylenes is 1. The van der Waals surface area contributed by atoms with Crippen LogP contribution in [0.5, 0.6) is 5.75 Å². The molecule has 2 aromatic carbocycles. The van der Waals surface area contributed by atoms with Crippen molar-refractivity contribution in [2.45, 2.75) is 25.4 Å². The van der Waals surface area contributed by atoms with E-state index in [1.165, 1.54) is 0 Å². The van der Waals surface area contributed by atoms with Crippen LogP contribution in [-0.4, -0.2) is 43.1 Å². The maximum absolute atomic E-state index is 12.2. The summed E-state index contributed by atoms with van der Waals surface area (Å²) in [7, 11) is 0. The van der Waals surface area contributed by atoms with Crippen LogP contribution in [0.2, 0.25) is 0 Å². The van der Waals surface area contributed by atoms with E-state index in [2.05, 4.69) is 27.5 Å². The molecule has 5 heteroatoms. The molecule has 1 saturated heterocycles. The molecule has 1 fully saturated rings. The third kappa shape index (κ3) is 6.12. The van der Waals surface area contributed by atoms with Gasteiger partial charge in [0.2, 0.25) is 5.91 Å². The predicted molar refractivity (Wildman–Crippen MR) is 112 cm³/mol. The first-order valence-corrected chi connectivity index (χ1v) is 9.69. The molecule has 0 saturated carbocycles. The summed E-state index contributed by atoms with van der Waals surface area (Å²) < 4.78 is 5.61. The van der Waals surface area contributed by atoms with Gasteiger partial charge in [0.05, 0.1) is 6.54 Å². The van der Waals surface area contributed by atoms with E-state index in [-0.39, 0.29) is 12.5 Å². The number of hydrogen-bond acceptors (Lipinski definition) is 4. The smallest absolute Gasteiger partial charge is 0.238 e. The first-order valence-electron chi connectivity index (χ1n) is 9.69. The van der Waals surface area contributed by atoms with Gasteiger partial charge >= 0.3 is 0 Å². The Morgan fingerprint density at radius 3 is 2.57 bits per heavy atom. The van der Waals surface area contributed by atoms with Gasteiger partial charge in [-0.1, -0.05) is 42.3 Å². The average Bonchev–Trinajstić information content (AvgIpc) is 2.73. The highest BCUT2D eigenvalue weighted by molar-refractivity contribution is 5.92. The third-order valence-corrected chi connectivity index (χ3v) is 4.88. The normalized spacial score (nSPS) is 15.0. The van der Waals surface area contributed by atoms with Gasteiger partial charge in [0.15, 0.2) is 0 Å². The van der Waals surface area contributed by atoms with E-state index in [4.69, 9.17) is 11.2 Å². The van der Waals surface area contributed by atoms with Gasteiger partial charge in [0.1, 0.15) is 12.4 Å². The standard InChI is InChI=1S/C23H27N3O2/c1-2-16-28-22-11-7-6-8-19(22)17-24-20-12-14-26(15-13-20)18-23(27)25-21-9-4-3-5-10-21/h1,3-11,20,24H,12-18H2,(H,25,27). The van der Waals surface area contributed by atoms with Gasteiger partial charge in [-0.15, -0.1) is 6.42 Å². The van der Waals surface area contributed by atoms with E-state index in [1.54, 1.807) is 0 Å². The lowest BCUT2D eigenvalue weighted by molar-refractivity contribution is -0.117. The monoisotopic (exact) mass is 377 g/mol. The Morgan fingerprint density at radius 2 is 1.82 bits per heavy atom. The summed E-state index contributed by atoms with van der Waals surface area (Å²) in [5.41, 5.74) is 1.96. The first-order chi connectivity index (χ1) is 13.7. The number of likely N-dealkylation sites (tertiary alicyclic amines) is 1. The number of anilines is 1. The van der Waals surface area contributed by atoms with Crippen molar-refractivity contribution < 1.29 is 9.53 Å². The van der Waals surface area contributed by atoms with Gasteiger partial charge in [-0.2, -0.15) is 0 Å². The molecular formula is C23H27N3O2. The molecule has 5 nitrogen and oxygen atoms in total. The molecule has 0 aromatic heterocycles. The Hall–Kier alpha value is -2.81. The predicted octanol–water partition coefficient (Wildman–Crippen LogP) is 2.89. The van der Waals surface area contributed by atoms with E-state index in [9.17, 15) is 4.79 Å². The number of benzene rings is 2. The van der Waals surface area contributed by atoms with Crippen molar-refractivity contribution in [3.8, 4) is 18.1 Å². The minimum atomic E-state index is 0.0391. The van der Waals surface area contributed by atoms with E-state index in [0.717, 1.165) is 49.5 Å². The van der Waals surface area contributed by atoms with Crippen LogP contribution < -0.4 is 15.4 Å². The second-order valence-electron chi connectivity index (χ2n) is 6.95. The number of rotatable bonds is 8. The maximum Gasteiger partial charge on any atom is 0.238 e. The van der Waals surface area contributed by atoms with Crippen LogP contribution in [0.4, 0.5) is 5.69 Å². The van der Waals surface area contributed by atoms with Gasteiger partial charge in [0.25, 0.3) is 0 Å². The van der Waals surface area contributed by atoms with Crippen molar-refractivity contribution in [1.29, 1.82) is 0 Å². The molecule has 1 heterocycles. The highest BCUT2D eigenvalue weighted by Crippen LogP contribution is 2.19. The number of para-hydroxylation sites is 2. The number of piperidine rings is 1. The summed E-state index contributed by atoms with van der Waals surface area (Å²) in [6.07, 6.45) is 7.32. The zero-order valence-corrected chi connectivity index (χ0v) is 16.1. The summed E-state index contributed by atoms with van der Waals surface area (Å²) >= 11 is 0. The Bertz CT molecular complexity index is 793. The molecule has 146 valence electrons. The van der Waals surface area contributed by atoms with E-state index in [0.29, 0.717) is 12.6 Å². The highest BCUT2D eigenvalue weighted by Gasteiger charge is 2.20. The molecule has 3 rings (SSSR count). The summed E-state index contributed by atoms with van der Waals surface area (Å²) in [6, 6.07) is 18.0. The lowest BCUT2D eigenvalue weighted by Crippen LogP contribution is -2.44. The molecule has 2 aromatic rings. The number of carbonyl (C=O) groups excluding carboxylic acids is 1. The SMILES string of the molecule is C#CCOc1ccccc1CNC1CCN(CC(=O)Nc2ccccc2)CC1. The van der Waals surface area contributed by atoms with Crippen LogP contribution in [-0.2, 0) is 11.3 Å². The Balaban J connectivity index is 1.40. The van der Waals surface area contributed by atoms with E-state index in [1.807, 2.05) is 48.5 Å². The van der Waals surface area contributed by atoms with Gasteiger partial charge < -0.3 is 15.4 Å². The van der Waals surface area contributed by atoms with Crippen LogP contribution in [0.25, 0.3) is 0 Å². The van der Waals surface area contributed by atoms with Crippen LogP contribution in [0.1, 0.15) is 18.4 Å². The molecule has 1 aliphatic heterocycles. The molecule has 0 spiro atoms. The van der Waals surface area contributed by atoms with Crippen LogP contribution >= 0.6 is 0 Å². The molecule has 0 unspecified atom stereocenters. The summed E-state index contributed by atoms with van der Waals surface area (Å²) in [5.74, 6) is 3.38. The molecule has 0 bridgehead atoms. The van der Waals surface area contributed by atoms with Crippen molar-refractivity contribution in [2.24, 2.45) is 0 Å². The number of hydrogen-bond donors (Lipinski definition) is 2. The minimum absolute atomic E-state index is 0.0391. The average molecular weight is 377 g/mol. The maximum atomic E-state index is 12.2. The zero-order valence-electron chi connectivity index (χ0n) is 16.1. The van der Waals surface area contributed by atoms with E-state index >= 15 is 0 Å². The van der Waals surface area contributed by atoms with Crippen LogP contribution in [0.3, 0.4) is 0 Å². The van der Waals surface area contributed by atoms with Gasteiger partial charge in [-0.3, -0.25) is 9.69 Å². The van der Waals surface area contributed by atoms with E-state index < -0.39 is 0 Å². The molecule has 0 radical (unpaired) electrons. The van der Waals surface area contributed by atoms with Crippen LogP contribution in [0.15, 0.2) is 54.6 Å². The lowest BCUT2D eigenvalue weighted by Gasteiger charge is -2.32. The van der Waals surface area contributed by atoms with Crippen molar-refractivity contribution in [3.63, 3.8) is 0 Å². The molecule has 28 heavy (non-hydrogen) atoms.